The number of carbonyl (C=O) groups excluding carboxylic acids is 1. The van der Waals surface area contributed by atoms with Crippen molar-refractivity contribution >= 4 is 11.8 Å². The van der Waals surface area contributed by atoms with Crippen molar-refractivity contribution in [3.8, 4) is 5.75 Å². The first-order valence-electron chi connectivity index (χ1n) is 10.3. The van der Waals surface area contributed by atoms with E-state index >= 15 is 0 Å². The molecule has 1 aromatic heterocycles. The quantitative estimate of drug-likeness (QED) is 0.313. The highest BCUT2D eigenvalue weighted by atomic mass is 16.6. The average molecular weight is 420 g/mol. The van der Waals surface area contributed by atoms with Crippen LogP contribution in [0.1, 0.15) is 48.0 Å². The van der Waals surface area contributed by atoms with E-state index in [1.807, 2.05) is 69.3 Å². The number of hydrazine groups is 1. The van der Waals surface area contributed by atoms with E-state index in [0.29, 0.717) is 18.8 Å². The molecular weight excluding hydrogens is 390 g/mol. The number of benzene rings is 2. The Bertz CT molecular complexity index is 1000. The van der Waals surface area contributed by atoms with Gasteiger partial charge in [0.2, 0.25) is 0 Å². The second-order valence-electron chi connectivity index (χ2n) is 8.24. The Labute approximate surface area is 183 Å². The number of hydrogen-bond acceptors (Lipinski definition) is 6. The van der Waals surface area contributed by atoms with Gasteiger partial charge in [-0.15, -0.1) is 0 Å². The van der Waals surface area contributed by atoms with Crippen LogP contribution in [0, 0.1) is 0 Å². The molecule has 0 spiro atoms. The molecule has 3 rings (SSSR count). The first-order valence-corrected chi connectivity index (χ1v) is 10.3. The number of esters is 1. The summed E-state index contributed by atoms with van der Waals surface area (Å²) in [5, 5.41) is 0. The molecule has 0 aliphatic carbocycles. The van der Waals surface area contributed by atoms with Crippen LogP contribution in [0.15, 0.2) is 66.7 Å². The standard InChI is InChI=1S/C25H29N3O3/c1-25(2,3)31-24(29)22-21(30-17-19-12-8-5-9-13-19)16-20(27-23(22)28-26)15-14-18-10-6-4-7-11-18/h4-13,16H,14-15,17,26H2,1-3H3,(H,27,28). The molecule has 0 radical (unpaired) electrons. The van der Waals surface area contributed by atoms with Crippen molar-refractivity contribution < 1.29 is 14.3 Å². The molecule has 0 saturated heterocycles. The summed E-state index contributed by atoms with van der Waals surface area (Å²) >= 11 is 0. The average Bonchev–Trinajstić information content (AvgIpc) is 2.76. The Hall–Kier alpha value is -3.38. The lowest BCUT2D eigenvalue weighted by atomic mass is 10.1. The first kappa shape index (κ1) is 22.3. The monoisotopic (exact) mass is 419 g/mol. The molecule has 0 unspecified atom stereocenters. The molecule has 6 nitrogen and oxygen atoms in total. The Morgan fingerprint density at radius 3 is 2.16 bits per heavy atom. The summed E-state index contributed by atoms with van der Waals surface area (Å²) in [7, 11) is 0. The number of nitrogens with zero attached hydrogens (tertiary/aromatic N) is 1. The smallest absolute Gasteiger partial charge is 0.346 e. The van der Waals surface area contributed by atoms with Gasteiger partial charge in [-0.05, 0) is 44.7 Å². The van der Waals surface area contributed by atoms with Crippen molar-refractivity contribution in [3.63, 3.8) is 0 Å². The van der Waals surface area contributed by atoms with E-state index in [1.54, 1.807) is 6.07 Å². The van der Waals surface area contributed by atoms with Crippen LogP contribution in [-0.4, -0.2) is 16.6 Å². The van der Waals surface area contributed by atoms with Crippen LogP contribution in [0.2, 0.25) is 0 Å². The lowest BCUT2D eigenvalue weighted by Crippen LogP contribution is -2.26. The van der Waals surface area contributed by atoms with E-state index in [2.05, 4.69) is 22.5 Å². The number of nitrogens with two attached hydrogens (primary N) is 1. The number of rotatable bonds is 8. The number of pyridine rings is 1. The normalized spacial score (nSPS) is 11.1. The molecule has 0 aliphatic heterocycles. The minimum absolute atomic E-state index is 0.191. The van der Waals surface area contributed by atoms with Crippen LogP contribution in [0.25, 0.3) is 0 Å². The Morgan fingerprint density at radius 2 is 1.58 bits per heavy atom. The van der Waals surface area contributed by atoms with Crippen LogP contribution in [0.4, 0.5) is 5.82 Å². The predicted molar refractivity (Wildman–Crippen MR) is 122 cm³/mol. The van der Waals surface area contributed by atoms with Crippen molar-refractivity contribution in [3.05, 3.63) is 89.1 Å². The summed E-state index contributed by atoms with van der Waals surface area (Å²) in [6.45, 7) is 5.74. The van der Waals surface area contributed by atoms with E-state index in [9.17, 15) is 4.79 Å². The number of ether oxygens (including phenoxy) is 2. The lowest BCUT2D eigenvalue weighted by Gasteiger charge is -2.22. The third-order valence-electron chi connectivity index (χ3n) is 4.53. The van der Waals surface area contributed by atoms with E-state index < -0.39 is 11.6 Å². The molecular formula is C25H29N3O3. The minimum Gasteiger partial charge on any atom is -0.488 e. The summed E-state index contributed by atoms with van der Waals surface area (Å²) in [4.78, 5) is 17.5. The van der Waals surface area contributed by atoms with Gasteiger partial charge in [-0.1, -0.05) is 60.7 Å². The van der Waals surface area contributed by atoms with Gasteiger partial charge in [0.15, 0.2) is 5.82 Å². The van der Waals surface area contributed by atoms with E-state index in [1.165, 1.54) is 5.56 Å². The molecule has 2 aromatic carbocycles. The van der Waals surface area contributed by atoms with E-state index in [0.717, 1.165) is 17.7 Å². The summed E-state index contributed by atoms with van der Waals surface area (Å²) in [6, 6.07) is 21.7. The van der Waals surface area contributed by atoms with Crippen LogP contribution in [0.3, 0.4) is 0 Å². The maximum absolute atomic E-state index is 12.9. The highest BCUT2D eigenvalue weighted by Gasteiger charge is 2.26. The molecule has 0 saturated carbocycles. The molecule has 31 heavy (non-hydrogen) atoms. The minimum atomic E-state index is -0.661. The van der Waals surface area contributed by atoms with Gasteiger partial charge in [0.05, 0.1) is 0 Å². The van der Waals surface area contributed by atoms with E-state index in [4.69, 9.17) is 15.3 Å². The second-order valence-corrected chi connectivity index (χ2v) is 8.24. The summed E-state index contributed by atoms with van der Waals surface area (Å²) in [6.07, 6.45) is 1.48. The molecule has 3 aromatic rings. The molecule has 162 valence electrons. The number of nitrogens with one attached hydrogen (secondary N) is 1. The van der Waals surface area contributed by atoms with Crippen molar-refractivity contribution in [2.45, 2.75) is 45.8 Å². The van der Waals surface area contributed by atoms with Crippen LogP contribution < -0.4 is 16.0 Å². The Kier molecular flexibility index (Phi) is 7.26. The Balaban J connectivity index is 1.91. The number of anilines is 1. The van der Waals surface area contributed by atoms with Gasteiger partial charge >= 0.3 is 5.97 Å². The van der Waals surface area contributed by atoms with E-state index in [-0.39, 0.29) is 11.4 Å². The molecule has 6 heteroatoms. The first-order chi connectivity index (χ1) is 14.9. The highest BCUT2D eigenvalue weighted by Crippen LogP contribution is 2.30. The van der Waals surface area contributed by atoms with Gasteiger partial charge in [0.25, 0.3) is 0 Å². The third kappa shape index (κ3) is 6.55. The topological polar surface area (TPSA) is 86.5 Å². The summed E-state index contributed by atoms with van der Waals surface area (Å²) in [5.41, 5.74) is 5.04. The zero-order chi connectivity index (χ0) is 22.3. The molecule has 0 bridgehead atoms. The molecule has 3 N–H and O–H groups in total. The lowest BCUT2D eigenvalue weighted by molar-refractivity contribution is 0.00662. The number of aromatic nitrogens is 1. The van der Waals surface area contributed by atoms with Crippen LogP contribution in [0.5, 0.6) is 5.75 Å². The molecule has 0 atom stereocenters. The maximum Gasteiger partial charge on any atom is 0.346 e. The zero-order valence-electron chi connectivity index (χ0n) is 18.2. The van der Waals surface area contributed by atoms with Gasteiger partial charge < -0.3 is 14.9 Å². The Morgan fingerprint density at radius 1 is 0.968 bits per heavy atom. The van der Waals surface area contributed by atoms with Crippen molar-refractivity contribution in [1.82, 2.24) is 4.98 Å². The largest absolute Gasteiger partial charge is 0.488 e. The summed E-state index contributed by atoms with van der Waals surface area (Å²) < 4.78 is 11.6. The van der Waals surface area contributed by atoms with Gasteiger partial charge in [-0.3, -0.25) is 0 Å². The number of nitrogen functional groups attached to an aromatic ring is 1. The van der Waals surface area contributed by atoms with Gasteiger partial charge in [-0.25, -0.2) is 15.6 Å². The fourth-order valence-electron chi connectivity index (χ4n) is 3.10. The van der Waals surface area contributed by atoms with Crippen molar-refractivity contribution in [2.24, 2.45) is 5.84 Å². The maximum atomic E-state index is 12.9. The van der Waals surface area contributed by atoms with Gasteiger partial charge in [-0.2, -0.15) is 0 Å². The SMILES string of the molecule is CC(C)(C)OC(=O)c1c(OCc2ccccc2)cc(CCc2ccccc2)nc1NN. The molecule has 0 amide bonds. The predicted octanol–water partition coefficient (Wildman–Crippen LogP) is 4.69. The van der Waals surface area contributed by atoms with Gasteiger partial charge in [0, 0.05) is 11.8 Å². The molecule has 0 fully saturated rings. The van der Waals surface area contributed by atoms with Crippen molar-refractivity contribution in [2.75, 3.05) is 5.43 Å². The van der Waals surface area contributed by atoms with Crippen molar-refractivity contribution in [1.29, 1.82) is 0 Å². The third-order valence-corrected chi connectivity index (χ3v) is 4.53. The summed E-state index contributed by atoms with van der Waals surface area (Å²) in [5.74, 6) is 5.82. The number of aryl methyl sites for hydroxylation is 2. The fourth-order valence-corrected chi connectivity index (χ4v) is 3.10. The van der Waals surface area contributed by atoms with Crippen LogP contribution in [-0.2, 0) is 24.2 Å². The molecule has 1 heterocycles. The number of carbonyl (C=O) groups is 1. The second kappa shape index (κ2) is 10.1. The van der Waals surface area contributed by atoms with Crippen LogP contribution >= 0.6 is 0 Å². The highest BCUT2D eigenvalue weighted by molar-refractivity contribution is 5.98. The fraction of sp³-hybridized carbons (Fsp3) is 0.280. The zero-order valence-corrected chi connectivity index (χ0v) is 18.2. The molecule has 0 aliphatic rings. The number of hydrogen-bond donors (Lipinski definition) is 2. The van der Waals surface area contributed by atoms with Gasteiger partial charge in [0.1, 0.15) is 23.5 Å².